The number of fused-ring (bicyclic) bond motifs is 1. The van der Waals surface area contributed by atoms with Crippen LogP contribution in [0.3, 0.4) is 0 Å². The highest BCUT2D eigenvalue weighted by Gasteiger charge is 2.20. The first-order valence-corrected chi connectivity index (χ1v) is 5.21. The minimum atomic E-state index is 0.669. The summed E-state index contributed by atoms with van der Waals surface area (Å²) >= 11 is 0. The Balaban J connectivity index is 1.67. The van der Waals surface area contributed by atoms with Crippen molar-refractivity contribution < 1.29 is 0 Å². The van der Waals surface area contributed by atoms with E-state index in [0.29, 0.717) is 5.65 Å². The van der Waals surface area contributed by atoms with Gasteiger partial charge in [-0.3, -0.25) is 0 Å². The molecule has 0 spiro atoms. The lowest BCUT2D eigenvalue weighted by atomic mass is 10.3. The van der Waals surface area contributed by atoms with Gasteiger partial charge in [-0.25, -0.2) is 0 Å². The number of nitrogens with zero attached hydrogens (tertiary/aromatic N) is 5. The van der Waals surface area contributed by atoms with E-state index in [1.807, 2.05) is 12.1 Å². The fourth-order valence-electron chi connectivity index (χ4n) is 1.55. The van der Waals surface area contributed by atoms with Crippen molar-refractivity contribution in [2.75, 3.05) is 11.9 Å². The molecule has 2 heterocycles. The fraction of sp³-hybridized carbons (Fsp3) is 0.556. The highest BCUT2D eigenvalue weighted by Crippen LogP contribution is 2.31. The maximum Gasteiger partial charge on any atom is 0.200 e. The highest BCUT2D eigenvalue weighted by molar-refractivity contribution is 5.41. The number of hydrogen-bond donors (Lipinski definition) is 1. The molecule has 0 radical (unpaired) electrons. The molecule has 0 amide bonds. The summed E-state index contributed by atoms with van der Waals surface area (Å²) < 4.78 is 1.43. The summed E-state index contributed by atoms with van der Waals surface area (Å²) in [5.74, 6) is 1.77. The van der Waals surface area contributed by atoms with Gasteiger partial charge in [-0.05, 0) is 34.9 Å². The normalized spacial score (nSPS) is 15.7. The van der Waals surface area contributed by atoms with E-state index < -0.39 is 0 Å². The van der Waals surface area contributed by atoms with Gasteiger partial charge in [-0.15, -0.1) is 14.8 Å². The molecule has 1 N–H and O–H groups in total. The molecular weight excluding hydrogens is 192 g/mol. The average molecular weight is 204 g/mol. The molecule has 2 aromatic rings. The first kappa shape index (κ1) is 8.58. The molecule has 1 saturated carbocycles. The number of rotatable bonds is 4. The van der Waals surface area contributed by atoms with Crippen molar-refractivity contribution in [3.05, 3.63) is 12.1 Å². The molecule has 0 aromatic carbocycles. The zero-order valence-electron chi connectivity index (χ0n) is 8.30. The molecule has 1 fully saturated rings. The van der Waals surface area contributed by atoms with E-state index in [4.69, 9.17) is 0 Å². The average Bonchev–Trinajstić information content (AvgIpc) is 2.95. The third-order valence-corrected chi connectivity index (χ3v) is 2.63. The number of hydrogen-bond acceptors (Lipinski definition) is 5. The van der Waals surface area contributed by atoms with Gasteiger partial charge in [0.25, 0.3) is 0 Å². The fourth-order valence-corrected chi connectivity index (χ4v) is 1.55. The van der Waals surface area contributed by atoms with E-state index in [1.54, 1.807) is 0 Å². The van der Waals surface area contributed by atoms with Crippen LogP contribution >= 0.6 is 0 Å². The van der Waals surface area contributed by atoms with Gasteiger partial charge in [0.2, 0.25) is 0 Å². The van der Waals surface area contributed by atoms with Crippen LogP contribution in [-0.4, -0.2) is 31.8 Å². The van der Waals surface area contributed by atoms with Crippen LogP contribution < -0.4 is 5.32 Å². The first-order valence-electron chi connectivity index (χ1n) is 5.21. The standard InChI is InChI=1S/C9H12N6/c1-2-7(1)5-6-10-8-3-4-9-11-13-14-15(9)12-8/h3-4,7H,1-2,5-6H2,(H,10,12). The van der Waals surface area contributed by atoms with Crippen LogP contribution in [-0.2, 0) is 0 Å². The van der Waals surface area contributed by atoms with Crippen molar-refractivity contribution in [2.24, 2.45) is 5.92 Å². The third-order valence-electron chi connectivity index (χ3n) is 2.63. The van der Waals surface area contributed by atoms with E-state index in [1.165, 1.54) is 23.9 Å². The van der Waals surface area contributed by atoms with Gasteiger partial charge in [-0.1, -0.05) is 12.8 Å². The van der Waals surface area contributed by atoms with Gasteiger partial charge in [0.05, 0.1) is 0 Å². The van der Waals surface area contributed by atoms with Gasteiger partial charge in [-0.2, -0.15) is 0 Å². The monoisotopic (exact) mass is 204 g/mol. The molecule has 0 atom stereocenters. The molecular formula is C9H12N6. The molecule has 15 heavy (non-hydrogen) atoms. The molecule has 2 aromatic heterocycles. The Hall–Kier alpha value is -1.72. The molecule has 1 aliphatic rings. The first-order chi connectivity index (χ1) is 7.42. The highest BCUT2D eigenvalue weighted by atomic mass is 15.6. The van der Waals surface area contributed by atoms with Crippen LogP contribution in [0.15, 0.2) is 12.1 Å². The van der Waals surface area contributed by atoms with Crippen LogP contribution in [0, 0.1) is 5.92 Å². The van der Waals surface area contributed by atoms with Crippen LogP contribution in [0.25, 0.3) is 5.65 Å². The van der Waals surface area contributed by atoms with Gasteiger partial charge in [0, 0.05) is 6.54 Å². The van der Waals surface area contributed by atoms with Crippen molar-refractivity contribution in [1.82, 2.24) is 25.3 Å². The lowest BCUT2D eigenvalue weighted by Crippen LogP contribution is -2.06. The van der Waals surface area contributed by atoms with Crippen LogP contribution in [0.1, 0.15) is 19.3 Å². The van der Waals surface area contributed by atoms with E-state index in [0.717, 1.165) is 18.3 Å². The number of tetrazole rings is 1. The molecule has 0 aliphatic heterocycles. The quantitative estimate of drug-likeness (QED) is 0.795. The lowest BCUT2D eigenvalue weighted by Gasteiger charge is -2.03. The van der Waals surface area contributed by atoms with Crippen LogP contribution in [0.4, 0.5) is 5.82 Å². The Morgan fingerprint density at radius 1 is 1.40 bits per heavy atom. The van der Waals surface area contributed by atoms with Crippen molar-refractivity contribution in [2.45, 2.75) is 19.3 Å². The van der Waals surface area contributed by atoms with Crippen LogP contribution in [0.5, 0.6) is 0 Å². The third kappa shape index (κ3) is 1.88. The van der Waals surface area contributed by atoms with Gasteiger partial charge < -0.3 is 5.32 Å². The summed E-state index contributed by atoms with van der Waals surface area (Å²) in [6.45, 7) is 0.977. The predicted molar refractivity (Wildman–Crippen MR) is 54.4 cm³/mol. The zero-order valence-corrected chi connectivity index (χ0v) is 8.30. The van der Waals surface area contributed by atoms with E-state index in [2.05, 4.69) is 25.9 Å². The Morgan fingerprint density at radius 3 is 3.20 bits per heavy atom. The Kier molecular flexibility index (Phi) is 1.97. The largest absolute Gasteiger partial charge is 0.369 e. The second kappa shape index (κ2) is 3.45. The Labute approximate surface area is 86.7 Å². The second-order valence-electron chi connectivity index (χ2n) is 3.90. The van der Waals surface area contributed by atoms with Crippen molar-refractivity contribution in [1.29, 1.82) is 0 Å². The minimum absolute atomic E-state index is 0.669. The zero-order chi connectivity index (χ0) is 10.1. The van der Waals surface area contributed by atoms with E-state index >= 15 is 0 Å². The Morgan fingerprint density at radius 2 is 2.33 bits per heavy atom. The maximum atomic E-state index is 4.22. The molecule has 0 unspecified atom stereocenters. The Bertz CT molecular complexity index is 460. The molecule has 6 heteroatoms. The summed E-state index contributed by atoms with van der Waals surface area (Å²) in [7, 11) is 0. The lowest BCUT2D eigenvalue weighted by molar-refractivity contribution is 0.723. The SMILES string of the molecule is c1cc2nnnn2nc1NCCC1CC1. The molecule has 1 aliphatic carbocycles. The summed E-state index contributed by atoms with van der Waals surface area (Å²) in [5.41, 5.74) is 0.669. The maximum absolute atomic E-state index is 4.22. The van der Waals surface area contributed by atoms with Crippen molar-refractivity contribution in [3.63, 3.8) is 0 Å². The summed E-state index contributed by atoms with van der Waals surface area (Å²) in [6.07, 6.45) is 4.01. The number of nitrogens with one attached hydrogen (secondary N) is 1. The molecule has 6 nitrogen and oxygen atoms in total. The van der Waals surface area contributed by atoms with Crippen molar-refractivity contribution in [3.8, 4) is 0 Å². The summed E-state index contributed by atoms with van der Waals surface area (Å²) in [5, 5.41) is 18.6. The topological polar surface area (TPSA) is 68.0 Å². The van der Waals surface area contributed by atoms with Gasteiger partial charge in [0.1, 0.15) is 5.82 Å². The number of aromatic nitrogens is 5. The molecule has 78 valence electrons. The smallest absolute Gasteiger partial charge is 0.200 e. The molecule has 3 rings (SSSR count). The summed E-state index contributed by atoms with van der Waals surface area (Å²) in [4.78, 5) is 0. The van der Waals surface area contributed by atoms with Crippen molar-refractivity contribution >= 4 is 11.5 Å². The van der Waals surface area contributed by atoms with Crippen LogP contribution in [0.2, 0.25) is 0 Å². The predicted octanol–water partition coefficient (Wildman–Crippen LogP) is 0.731. The van der Waals surface area contributed by atoms with E-state index in [9.17, 15) is 0 Å². The molecule has 0 saturated heterocycles. The van der Waals surface area contributed by atoms with Gasteiger partial charge in [0.15, 0.2) is 5.65 Å². The van der Waals surface area contributed by atoms with Gasteiger partial charge >= 0.3 is 0 Å². The second-order valence-corrected chi connectivity index (χ2v) is 3.90. The summed E-state index contributed by atoms with van der Waals surface area (Å²) in [6, 6.07) is 3.76. The van der Waals surface area contributed by atoms with E-state index in [-0.39, 0.29) is 0 Å². The molecule has 0 bridgehead atoms. The number of anilines is 1. The minimum Gasteiger partial charge on any atom is -0.369 e.